The van der Waals surface area contributed by atoms with E-state index in [4.69, 9.17) is 5.11 Å². The lowest BCUT2D eigenvalue weighted by Gasteiger charge is -2.12. The van der Waals surface area contributed by atoms with E-state index in [9.17, 15) is 18.7 Å². The van der Waals surface area contributed by atoms with E-state index in [1.54, 1.807) is 0 Å². The smallest absolute Gasteiger partial charge is 0.335 e. The molecule has 0 aromatic heterocycles. The number of aromatic carboxylic acids is 1. The van der Waals surface area contributed by atoms with Crippen LogP contribution < -0.4 is 5.32 Å². The first kappa shape index (κ1) is 12.5. The predicted molar refractivity (Wildman–Crippen MR) is 52.2 cm³/mol. The van der Waals surface area contributed by atoms with Gasteiger partial charge in [0, 0.05) is 6.54 Å². The molecule has 0 radical (unpaired) electrons. The Balaban J connectivity index is 3.17. The van der Waals surface area contributed by atoms with Gasteiger partial charge in [-0.2, -0.15) is 0 Å². The van der Waals surface area contributed by atoms with Crippen molar-refractivity contribution >= 4 is 5.97 Å². The second-order valence-corrected chi connectivity index (χ2v) is 3.23. The van der Waals surface area contributed by atoms with Crippen LogP contribution in [-0.2, 0) is 0 Å². The fraction of sp³-hybridized carbons (Fsp3) is 0.300. The van der Waals surface area contributed by atoms with Gasteiger partial charge in [-0.05, 0) is 19.2 Å². The Kier molecular flexibility index (Phi) is 3.92. The maximum absolute atomic E-state index is 13.4. The highest BCUT2D eigenvalue weighted by molar-refractivity contribution is 5.87. The van der Waals surface area contributed by atoms with E-state index in [1.165, 1.54) is 7.05 Å². The molecule has 16 heavy (non-hydrogen) atoms. The highest BCUT2D eigenvalue weighted by Crippen LogP contribution is 2.22. The summed E-state index contributed by atoms with van der Waals surface area (Å²) in [6, 6.07) is 1.36. The van der Waals surface area contributed by atoms with Gasteiger partial charge in [-0.25, -0.2) is 13.6 Å². The number of rotatable bonds is 4. The van der Waals surface area contributed by atoms with Crippen LogP contribution in [0.5, 0.6) is 0 Å². The number of carboxylic acids is 1. The molecule has 0 bridgehead atoms. The summed E-state index contributed by atoms with van der Waals surface area (Å²) in [6.45, 7) is -0.0275. The van der Waals surface area contributed by atoms with Crippen molar-refractivity contribution in [2.45, 2.75) is 6.10 Å². The Hall–Kier alpha value is -1.53. The molecular formula is C10H11F2NO3. The minimum atomic E-state index is -1.42. The molecule has 1 aromatic rings. The van der Waals surface area contributed by atoms with Gasteiger partial charge >= 0.3 is 5.97 Å². The number of likely N-dealkylation sites (N-methyl/N-ethyl adjacent to an activating group) is 1. The summed E-state index contributed by atoms with van der Waals surface area (Å²) < 4.78 is 26.7. The predicted octanol–water partition coefficient (Wildman–Crippen LogP) is 0.916. The third kappa shape index (κ3) is 2.53. The van der Waals surface area contributed by atoms with Crippen molar-refractivity contribution in [3.05, 3.63) is 34.9 Å². The number of aliphatic hydroxyl groups is 1. The van der Waals surface area contributed by atoms with Gasteiger partial charge < -0.3 is 15.5 Å². The van der Waals surface area contributed by atoms with Gasteiger partial charge in [0.25, 0.3) is 0 Å². The van der Waals surface area contributed by atoms with Crippen molar-refractivity contribution in [2.24, 2.45) is 0 Å². The van der Waals surface area contributed by atoms with E-state index in [0.717, 1.165) is 0 Å². The summed E-state index contributed by atoms with van der Waals surface area (Å²) in [5, 5.41) is 20.5. The monoisotopic (exact) mass is 231 g/mol. The molecular weight excluding hydrogens is 220 g/mol. The molecule has 0 fully saturated rings. The first-order valence-electron chi connectivity index (χ1n) is 4.52. The van der Waals surface area contributed by atoms with E-state index < -0.39 is 34.8 Å². The van der Waals surface area contributed by atoms with Gasteiger partial charge in [-0.1, -0.05) is 0 Å². The number of carbonyl (C=O) groups is 1. The normalized spacial score (nSPS) is 12.5. The van der Waals surface area contributed by atoms with Crippen molar-refractivity contribution in [2.75, 3.05) is 13.6 Å². The number of halogens is 2. The second kappa shape index (κ2) is 5.00. The maximum Gasteiger partial charge on any atom is 0.335 e. The third-order valence-electron chi connectivity index (χ3n) is 2.06. The zero-order valence-electron chi connectivity index (χ0n) is 8.50. The van der Waals surface area contributed by atoms with E-state index >= 15 is 0 Å². The lowest BCUT2D eigenvalue weighted by Crippen LogP contribution is -2.19. The van der Waals surface area contributed by atoms with Crippen LogP contribution in [0.4, 0.5) is 8.78 Å². The molecule has 6 heteroatoms. The summed E-state index contributed by atoms with van der Waals surface area (Å²) in [4.78, 5) is 10.5. The zero-order valence-corrected chi connectivity index (χ0v) is 8.50. The van der Waals surface area contributed by atoms with Crippen molar-refractivity contribution < 1.29 is 23.8 Å². The van der Waals surface area contributed by atoms with Gasteiger partial charge in [0.2, 0.25) is 0 Å². The molecule has 0 aliphatic heterocycles. The van der Waals surface area contributed by atoms with E-state index in [2.05, 4.69) is 5.32 Å². The fourth-order valence-electron chi connectivity index (χ4n) is 1.32. The Morgan fingerprint density at radius 1 is 1.44 bits per heavy atom. The summed E-state index contributed by atoms with van der Waals surface area (Å²) in [5.74, 6) is -3.56. The first-order chi connectivity index (χ1) is 7.47. The Bertz CT molecular complexity index is 386. The van der Waals surface area contributed by atoms with Crippen LogP contribution in [-0.4, -0.2) is 29.8 Å². The fourth-order valence-corrected chi connectivity index (χ4v) is 1.32. The summed E-state index contributed by atoms with van der Waals surface area (Å²) in [5.41, 5.74) is -1.02. The molecule has 0 amide bonds. The molecule has 0 saturated carbocycles. The van der Waals surface area contributed by atoms with E-state index in [0.29, 0.717) is 12.1 Å². The number of carboxylic acid groups (broad SMARTS) is 1. The number of hydrogen-bond donors (Lipinski definition) is 3. The molecule has 0 saturated heterocycles. The molecule has 0 heterocycles. The van der Waals surface area contributed by atoms with Crippen LogP contribution in [0.1, 0.15) is 22.0 Å². The van der Waals surface area contributed by atoms with Crippen LogP contribution in [0.3, 0.4) is 0 Å². The Morgan fingerprint density at radius 3 is 2.31 bits per heavy atom. The number of nitrogens with one attached hydrogen (secondary N) is 1. The van der Waals surface area contributed by atoms with Crippen LogP contribution >= 0.6 is 0 Å². The maximum atomic E-state index is 13.4. The SMILES string of the molecule is CNCC(O)c1c(F)cc(C(=O)O)cc1F. The van der Waals surface area contributed by atoms with Crippen LogP contribution in [0, 0.1) is 11.6 Å². The topological polar surface area (TPSA) is 69.6 Å². The molecule has 1 atom stereocenters. The van der Waals surface area contributed by atoms with Gasteiger partial charge in [-0.3, -0.25) is 0 Å². The lowest BCUT2D eigenvalue weighted by molar-refractivity contribution is 0.0695. The molecule has 1 unspecified atom stereocenters. The molecule has 0 aliphatic rings. The highest BCUT2D eigenvalue weighted by Gasteiger charge is 2.20. The Labute approximate surface area is 90.5 Å². The van der Waals surface area contributed by atoms with Crippen molar-refractivity contribution in [1.82, 2.24) is 5.32 Å². The second-order valence-electron chi connectivity index (χ2n) is 3.23. The van der Waals surface area contributed by atoms with Gasteiger partial charge in [0.15, 0.2) is 0 Å². The zero-order chi connectivity index (χ0) is 12.3. The molecule has 0 spiro atoms. The van der Waals surface area contributed by atoms with E-state index in [1.807, 2.05) is 0 Å². The summed E-state index contributed by atoms with van der Waals surface area (Å²) in [6.07, 6.45) is -1.35. The van der Waals surface area contributed by atoms with Crippen LogP contribution in [0.25, 0.3) is 0 Å². The third-order valence-corrected chi connectivity index (χ3v) is 2.06. The first-order valence-corrected chi connectivity index (χ1v) is 4.52. The van der Waals surface area contributed by atoms with Crippen molar-refractivity contribution in [3.8, 4) is 0 Å². The average Bonchev–Trinajstić information content (AvgIpc) is 2.16. The quantitative estimate of drug-likeness (QED) is 0.720. The standard InChI is InChI=1S/C10H11F2NO3/c1-13-4-8(14)9-6(11)2-5(10(15)16)3-7(9)12/h2-3,8,13-14H,4H2,1H3,(H,15,16). The molecule has 0 aliphatic carbocycles. The minimum Gasteiger partial charge on any atom is -0.478 e. The van der Waals surface area contributed by atoms with Gasteiger partial charge in [0.05, 0.1) is 17.2 Å². The van der Waals surface area contributed by atoms with Crippen molar-refractivity contribution in [1.29, 1.82) is 0 Å². The van der Waals surface area contributed by atoms with Gasteiger partial charge in [0.1, 0.15) is 11.6 Å². The van der Waals surface area contributed by atoms with Gasteiger partial charge in [-0.15, -0.1) is 0 Å². The highest BCUT2D eigenvalue weighted by atomic mass is 19.1. The summed E-state index contributed by atoms with van der Waals surface area (Å²) in [7, 11) is 1.52. The minimum absolute atomic E-state index is 0.0275. The largest absolute Gasteiger partial charge is 0.478 e. The van der Waals surface area contributed by atoms with Crippen LogP contribution in [0.2, 0.25) is 0 Å². The van der Waals surface area contributed by atoms with E-state index in [-0.39, 0.29) is 6.54 Å². The molecule has 1 rings (SSSR count). The average molecular weight is 231 g/mol. The summed E-state index contributed by atoms with van der Waals surface area (Å²) >= 11 is 0. The molecule has 4 nitrogen and oxygen atoms in total. The number of benzene rings is 1. The van der Waals surface area contributed by atoms with Crippen LogP contribution in [0.15, 0.2) is 12.1 Å². The number of hydrogen-bond acceptors (Lipinski definition) is 3. The number of aliphatic hydroxyl groups excluding tert-OH is 1. The molecule has 88 valence electrons. The molecule has 3 N–H and O–H groups in total. The van der Waals surface area contributed by atoms with Crippen molar-refractivity contribution in [3.63, 3.8) is 0 Å². The lowest BCUT2D eigenvalue weighted by atomic mass is 10.0. The Morgan fingerprint density at radius 2 is 1.94 bits per heavy atom. The molecule has 1 aromatic carbocycles.